The van der Waals surface area contributed by atoms with Crippen molar-refractivity contribution in [2.45, 2.75) is 58.9 Å². The van der Waals surface area contributed by atoms with Gasteiger partial charge in [0, 0.05) is 7.47 Å². The summed E-state index contributed by atoms with van der Waals surface area (Å²) in [7, 11) is 0. The SMILES string of the molecule is CC.CCC1CCC[C@@H](NCC(N)=O)C1.[HH]. The molecule has 1 aliphatic carbocycles. The highest BCUT2D eigenvalue weighted by molar-refractivity contribution is 5.75. The number of amides is 1. The molecule has 0 heterocycles. The first kappa shape index (κ1) is 14.4. The summed E-state index contributed by atoms with van der Waals surface area (Å²) in [5.74, 6) is 0.595. The molecule has 1 aliphatic rings. The smallest absolute Gasteiger partial charge is 0.231 e. The molecule has 0 aromatic rings. The van der Waals surface area contributed by atoms with Crippen LogP contribution in [-0.4, -0.2) is 18.5 Å². The van der Waals surface area contributed by atoms with Crippen molar-refractivity contribution in [1.29, 1.82) is 0 Å². The second-order valence-corrected chi connectivity index (χ2v) is 3.99. The Balaban J connectivity index is 0. The summed E-state index contributed by atoms with van der Waals surface area (Å²) in [6.07, 6.45) is 6.31. The summed E-state index contributed by atoms with van der Waals surface area (Å²) in [4.78, 5) is 10.6. The van der Waals surface area contributed by atoms with E-state index in [1.54, 1.807) is 0 Å². The molecule has 0 saturated heterocycles. The molecule has 3 heteroatoms. The standard InChI is InChI=1S/C10H20N2O.C2H6.H2/c1-2-8-4-3-5-9(6-8)12-7-10(11)13;1-2;/h8-9,12H,2-7H2,1H3,(H2,11,13);1-2H3;1H/t8?,9-;;/m1../s1. The number of primary amides is 1. The van der Waals surface area contributed by atoms with Gasteiger partial charge in [-0.25, -0.2) is 0 Å². The van der Waals surface area contributed by atoms with Crippen LogP contribution in [-0.2, 0) is 4.79 Å². The van der Waals surface area contributed by atoms with Gasteiger partial charge in [0.05, 0.1) is 6.54 Å². The molecular formula is C12H28N2O. The zero-order chi connectivity index (χ0) is 11.7. The van der Waals surface area contributed by atoms with E-state index in [4.69, 9.17) is 5.73 Å². The fraction of sp³-hybridized carbons (Fsp3) is 0.917. The van der Waals surface area contributed by atoms with Crippen LogP contribution in [0.4, 0.5) is 0 Å². The van der Waals surface area contributed by atoms with Gasteiger partial charge in [0.25, 0.3) is 0 Å². The summed E-state index contributed by atoms with van der Waals surface area (Å²) < 4.78 is 0. The average Bonchev–Trinajstić information content (AvgIpc) is 2.29. The largest absolute Gasteiger partial charge is 0.369 e. The molecule has 3 nitrogen and oxygen atoms in total. The van der Waals surface area contributed by atoms with Crippen molar-refractivity contribution in [2.75, 3.05) is 6.54 Å². The van der Waals surface area contributed by atoms with Crippen molar-refractivity contribution < 1.29 is 6.22 Å². The van der Waals surface area contributed by atoms with Crippen LogP contribution in [0.3, 0.4) is 0 Å². The lowest BCUT2D eigenvalue weighted by Gasteiger charge is -2.28. The predicted molar refractivity (Wildman–Crippen MR) is 66.7 cm³/mol. The first-order chi connectivity index (χ1) is 7.22. The average molecular weight is 216 g/mol. The van der Waals surface area contributed by atoms with Crippen LogP contribution in [0.1, 0.15) is 54.3 Å². The van der Waals surface area contributed by atoms with Crippen molar-refractivity contribution in [2.24, 2.45) is 11.7 Å². The van der Waals surface area contributed by atoms with Crippen LogP contribution < -0.4 is 11.1 Å². The second-order valence-electron chi connectivity index (χ2n) is 3.99. The second kappa shape index (κ2) is 8.72. The Kier molecular flexibility index (Phi) is 8.38. The molecule has 1 unspecified atom stereocenters. The maximum Gasteiger partial charge on any atom is 0.231 e. The molecule has 15 heavy (non-hydrogen) atoms. The van der Waals surface area contributed by atoms with Gasteiger partial charge in [-0.2, -0.15) is 0 Å². The monoisotopic (exact) mass is 216 g/mol. The highest BCUT2D eigenvalue weighted by Crippen LogP contribution is 2.26. The Hall–Kier alpha value is -0.570. The molecule has 0 aromatic carbocycles. The van der Waals surface area contributed by atoms with E-state index in [-0.39, 0.29) is 7.33 Å². The molecule has 1 amide bonds. The number of rotatable bonds is 4. The third-order valence-electron chi connectivity index (χ3n) is 2.93. The number of carbonyl (C=O) groups is 1. The van der Waals surface area contributed by atoms with Crippen molar-refractivity contribution in [1.82, 2.24) is 5.32 Å². The molecule has 1 rings (SSSR count). The van der Waals surface area contributed by atoms with Gasteiger partial charge >= 0.3 is 0 Å². The molecule has 3 N–H and O–H groups in total. The maximum absolute atomic E-state index is 10.6. The van der Waals surface area contributed by atoms with E-state index in [9.17, 15) is 4.79 Å². The molecule has 0 aromatic heterocycles. The van der Waals surface area contributed by atoms with E-state index < -0.39 is 0 Å². The normalized spacial score (nSPS) is 25.3. The maximum atomic E-state index is 10.6. The van der Waals surface area contributed by atoms with Gasteiger partial charge in [0.1, 0.15) is 0 Å². The van der Waals surface area contributed by atoms with Crippen molar-refractivity contribution in [3.05, 3.63) is 0 Å². The van der Waals surface area contributed by atoms with Gasteiger partial charge in [-0.05, 0) is 18.8 Å². The van der Waals surface area contributed by atoms with Crippen LogP contribution >= 0.6 is 0 Å². The van der Waals surface area contributed by atoms with Crippen LogP contribution in [0.15, 0.2) is 0 Å². The van der Waals surface area contributed by atoms with Crippen LogP contribution in [0.2, 0.25) is 0 Å². The summed E-state index contributed by atoms with van der Waals surface area (Å²) in [5.41, 5.74) is 5.08. The van der Waals surface area contributed by atoms with Gasteiger partial charge < -0.3 is 11.1 Å². The number of nitrogens with two attached hydrogens (primary N) is 1. The summed E-state index contributed by atoms with van der Waals surface area (Å²) in [6, 6.07) is 0.520. The molecule has 1 saturated carbocycles. The topological polar surface area (TPSA) is 55.1 Å². The predicted octanol–water partition coefficient (Wildman–Crippen LogP) is 2.30. The van der Waals surface area contributed by atoms with Gasteiger partial charge in [0.15, 0.2) is 0 Å². The van der Waals surface area contributed by atoms with Crippen molar-refractivity contribution in [3.63, 3.8) is 0 Å². The van der Waals surface area contributed by atoms with Gasteiger partial charge in [0.2, 0.25) is 5.91 Å². The van der Waals surface area contributed by atoms with E-state index >= 15 is 0 Å². The molecule has 0 radical (unpaired) electrons. The highest BCUT2D eigenvalue weighted by atomic mass is 16.1. The minimum Gasteiger partial charge on any atom is -0.369 e. The highest BCUT2D eigenvalue weighted by Gasteiger charge is 2.20. The van der Waals surface area contributed by atoms with E-state index in [2.05, 4.69) is 12.2 Å². The number of nitrogens with one attached hydrogen (secondary N) is 1. The third kappa shape index (κ3) is 6.50. The minimum atomic E-state index is -0.251. The molecule has 2 atom stereocenters. The summed E-state index contributed by atoms with van der Waals surface area (Å²) >= 11 is 0. The summed E-state index contributed by atoms with van der Waals surface area (Å²) in [6.45, 7) is 6.57. The third-order valence-corrected chi connectivity index (χ3v) is 2.93. The van der Waals surface area contributed by atoms with E-state index in [1.165, 1.54) is 32.1 Å². The number of carbonyl (C=O) groups excluding carboxylic acids is 1. The fourth-order valence-electron chi connectivity index (χ4n) is 2.09. The molecular weight excluding hydrogens is 188 g/mol. The lowest BCUT2D eigenvalue weighted by atomic mass is 9.84. The number of hydrogen-bond donors (Lipinski definition) is 2. The molecule has 0 aliphatic heterocycles. The van der Waals surface area contributed by atoms with E-state index in [0.29, 0.717) is 12.6 Å². The van der Waals surface area contributed by atoms with Gasteiger partial charge in [-0.3, -0.25) is 4.79 Å². The van der Waals surface area contributed by atoms with Gasteiger partial charge in [-0.1, -0.05) is 40.0 Å². The Labute approximate surface area is 95.3 Å². The Morgan fingerprint density at radius 2 is 2.13 bits per heavy atom. The van der Waals surface area contributed by atoms with Crippen molar-refractivity contribution in [3.8, 4) is 0 Å². The Morgan fingerprint density at radius 1 is 1.47 bits per heavy atom. The Bertz CT molecular complexity index is 176. The lowest BCUT2D eigenvalue weighted by molar-refractivity contribution is -0.117. The van der Waals surface area contributed by atoms with E-state index in [1.807, 2.05) is 13.8 Å². The molecule has 0 bridgehead atoms. The van der Waals surface area contributed by atoms with Gasteiger partial charge in [-0.15, -0.1) is 0 Å². The summed E-state index contributed by atoms with van der Waals surface area (Å²) in [5, 5.41) is 3.21. The first-order valence-corrected chi connectivity index (χ1v) is 6.24. The zero-order valence-electron chi connectivity index (χ0n) is 10.4. The lowest BCUT2D eigenvalue weighted by Crippen LogP contribution is -2.39. The molecule has 92 valence electrons. The van der Waals surface area contributed by atoms with E-state index in [0.717, 1.165) is 5.92 Å². The number of hydrogen-bond acceptors (Lipinski definition) is 2. The van der Waals surface area contributed by atoms with Crippen molar-refractivity contribution >= 4 is 5.91 Å². The zero-order valence-corrected chi connectivity index (χ0v) is 10.4. The minimum absolute atomic E-state index is 0. The Morgan fingerprint density at radius 3 is 2.67 bits per heavy atom. The first-order valence-electron chi connectivity index (χ1n) is 6.24. The van der Waals surface area contributed by atoms with Crippen LogP contribution in [0, 0.1) is 5.92 Å². The van der Waals surface area contributed by atoms with Crippen LogP contribution in [0.25, 0.3) is 0 Å². The van der Waals surface area contributed by atoms with Crippen LogP contribution in [0.5, 0.6) is 0 Å². The molecule has 0 spiro atoms. The molecule has 1 fully saturated rings. The fourth-order valence-corrected chi connectivity index (χ4v) is 2.09. The quantitative estimate of drug-likeness (QED) is 0.757.